The van der Waals surface area contributed by atoms with E-state index < -0.39 is 0 Å². The van der Waals surface area contributed by atoms with Crippen molar-refractivity contribution in [2.24, 2.45) is 0 Å². The highest BCUT2D eigenvalue weighted by Gasteiger charge is 2.30. The number of urea groups is 1. The molecule has 6 nitrogen and oxygen atoms in total. The maximum Gasteiger partial charge on any atom is 0.321 e. The normalized spacial score (nSPS) is 20.0. The lowest BCUT2D eigenvalue weighted by Gasteiger charge is -2.34. The molecule has 138 valence electrons. The minimum Gasteiger partial charge on any atom is -0.335 e. The Morgan fingerprint density at radius 1 is 1.19 bits per heavy atom. The van der Waals surface area contributed by atoms with Crippen LogP contribution in [0.15, 0.2) is 24.3 Å². The smallest absolute Gasteiger partial charge is 0.321 e. The number of likely N-dealkylation sites (tertiary alicyclic amines) is 1. The predicted molar refractivity (Wildman–Crippen MR) is 102 cm³/mol. The summed E-state index contributed by atoms with van der Waals surface area (Å²) >= 11 is 1.78. The first-order valence-electron chi connectivity index (χ1n) is 9.31. The summed E-state index contributed by atoms with van der Waals surface area (Å²) in [5.74, 6) is 0.235. The molecular formula is C19H24N4O2S. The van der Waals surface area contributed by atoms with Crippen molar-refractivity contribution in [3.63, 3.8) is 0 Å². The van der Waals surface area contributed by atoms with Gasteiger partial charge in [-0.15, -0.1) is 11.3 Å². The second-order valence-electron chi connectivity index (χ2n) is 7.24. The molecule has 2 aliphatic rings. The number of nitrogens with zero attached hydrogens (tertiary/aromatic N) is 2. The first-order chi connectivity index (χ1) is 12.6. The molecule has 0 radical (unpaired) electrons. The van der Waals surface area contributed by atoms with Crippen LogP contribution in [0.3, 0.4) is 0 Å². The number of amides is 3. The number of piperidine rings is 1. The van der Waals surface area contributed by atoms with Gasteiger partial charge in [0.15, 0.2) is 0 Å². The minimum absolute atomic E-state index is 0.221. The van der Waals surface area contributed by atoms with Crippen LogP contribution in [-0.4, -0.2) is 47.0 Å². The molecule has 26 heavy (non-hydrogen) atoms. The third-order valence-electron chi connectivity index (χ3n) is 5.27. The summed E-state index contributed by atoms with van der Waals surface area (Å²) < 4.78 is 1.24. The van der Waals surface area contributed by atoms with Gasteiger partial charge in [0.1, 0.15) is 0 Å². The fourth-order valence-corrected chi connectivity index (χ4v) is 4.57. The first kappa shape index (κ1) is 17.4. The van der Waals surface area contributed by atoms with Crippen LogP contribution in [0.25, 0.3) is 10.2 Å². The Morgan fingerprint density at radius 2 is 1.92 bits per heavy atom. The lowest BCUT2D eigenvalue weighted by atomic mass is 9.96. The molecule has 3 amide bonds. The fourth-order valence-electron chi connectivity index (χ4n) is 3.43. The molecule has 1 aliphatic heterocycles. The van der Waals surface area contributed by atoms with Gasteiger partial charge < -0.3 is 5.32 Å². The van der Waals surface area contributed by atoms with Gasteiger partial charge >= 0.3 is 6.03 Å². The van der Waals surface area contributed by atoms with Crippen molar-refractivity contribution < 1.29 is 9.59 Å². The zero-order valence-electron chi connectivity index (χ0n) is 14.9. The van der Waals surface area contributed by atoms with E-state index in [-0.39, 0.29) is 24.0 Å². The molecule has 4 rings (SSSR count). The molecular weight excluding hydrogens is 348 g/mol. The average molecular weight is 372 g/mol. The first-order valence-corrected chi connectivity index (χ1v) is 10.1. The summed E-state index contributed by atoms with van der Waals surface area (Å²) in [6.07, 6.45) is 4.00. The highest BCUT2D eigenvalue weighted by atomic mass is 32.1. The number of fused-ring (bicyclic) bond motifs is 1. The monoisotopic (exact) mass is 372 g/mol. The van der Waals surface area contributed by atoms with Gasteiger partial charge in [-0.25, -0.2) is 9.78 Å². The van der Waals surface area contributed by atoms with Crippen LogP contribution < -0.4 is 10.6 Å². The SMILES string of the molecule is C[C@H](C(=O)NC(=O)NC1CC1)N1CCC(c2nc3ccccc3s2)CC1. The Balaban J connectivity index is 1.30. The Kier molecular flexibility index (Phi) is 4.91. The number of hydrogen-bond acceptors (Lipinski definition) is 5. The van der Waals surface area contributed by atoms with Crippen molar-refractivity contribution in [2.75, 3.05) is 13.1 Å². The van der Waals surface area contributed by atoms with Gasteiger partial charge in [-0.2, -0.15) is 0 Å². The van der Waals surface area contributed by atoms with Crippen LogP contribution in [0.1, 0.15) is 43.5 Å². The third kappa shape index (κ3) is 3.88. The van der Waals surface area contributed by atoms with Crippen molar-refractivity contribution in [1.29, 1.82) is 0 Å². The van der Waals surface area contributed by atoms with Crippen LogP contribution in [-0.2, 0) is 4.79 Å². The molecule has 0 spiro atoms. The standard InChI is InChI=1S/C19H24N4O2S/c1-12(17(24)22-19(25)20-14-6-7-14)23-10-8-13(9-11-23)18-21-15-4-2-3-5-16(15)26-18/h2-5,12-14H,6-11H2,1H3,(H2,20,22,24,25)/t12-/m1/s1. The van der Waals surface area contributed by atoms with E-state index in [1.54, 1.807) is 11.3 Å². The summed E-state index contributed by atoms with van der Waals surface area (Å²) in [5.41, 5.74) is 1.07. The molecule has 7 heteroatoms. The summed E-state index contributed by atoms with van der Waals surface area (Å²) in [7, 11) is 0. The van der Waals surface area contributed by atoms with Crippen molar-refractivity contribution in [3.8, 4) is 0 Å². The number of thiazole rings is 1. The number of imide groups is 1. The van der Waals surface area contributed by atoms with E-state index in [9.17, 15) is 9.59 Å². The van der Waals surface area contributed by atoms with E-state index in [0.29, 0.717) is 5.92 Å². The number of nitrogens with one attached hydrogen (secondary N) is 2. The van der Waals surface area contributed by atoms with Gasteiger partial charge in [-0.05, 0) is 57.8 Å². The largest absolute Gasteiger partial charge is 0.335 e. The Bertz CT molecular complexity index is 776. The van der Waals surface area contributed by atoms with Crippen LogP contribution in [0.5, 0.6) is 0 Å². The number of carbonyl (C=O) groups excluding carboxylic acids is 2. The van der Waals surface area contributed by atoms with Crippen LogP contribution in [0, 0.1) is 0 Å². The highest BCUT2D eigenvalue weighted by molar-refractivity contribution is 7.18. The number of hydrogen-bond donors (Lipinski definition) is 2. The lowest BCUT2D eigenvalue weighted by Crippen LogP contribution is -2.51. The number of benzene rings is 1. The van der Waals surface area contributed by atoms with Gasteiger partial charge in [-0.3, -0.25) is 15.0 Å². The zero-order chi connectivity index (χ0) is 18.1. The van der Waals surface area contributed by atoms with Crippen molar-refractivity contribution in [3.05, 3.63) is 29.3 Å². The molecule has 0 bridgehead atoms. The summed E-state index contributed by atoms with van der Waals surface area (Å²) in [6, 6.07) is 7.84. The van der Waals surface area contributed by atoms with Crippen molar-refractivity contribution in [1.82, 2.24) is 20.5 Å². The molecule has 2 N–H and O–H groups in total. The van der Waals surface area contributed by atoms with Gasteiger partial charge in [-0.1, -0.05) is 12.1 Å². The second kappa shape index (κ2) is 7.32. The quantitative estimate of drug-likeness (QED) is 0.865. The summed E-state index contributed by atoms with van der Waals surface area (Å²) in [6.45, 7) is 3.57. The number of aromatic nitrogens is 1. The van der Waals surface area contributed by atoms with Crippen LogP contribution in [0.2, 0.25) is 0 Å². The van der Waals surface area contributed by atoms with Gasteiger partial charge in [0.2, 0.25) is 5.91 Å². The third-order valence-corrected chi connectivity index (χ3v) is 6.46. The van der Waals surface area contributed by atoms with E-state index in [4.69, 9.17) is 4.98 Å². The second-order valence-corrected chi connectivity index (χ2v) is 8.31. The Morgan fingerprint density at radius 3 is 2.62 bits per heavy atom. The average Bonchev–Trinajstić information content (AvgIpc) is 3.35. The van der Waals surface area contributed by atoms with Gasteiger partial charge in [0, 0.05) is 12.0 Å². The predicted octanol–water partition coefficient (Wildman–Crippen LogP) is 2.85. The Hall–Kier alpha value is -1.99. The van der Waals surface area contributed by atoms with Crippen LogP contribution >= 0.6 is 11.3 Å². The van der Waals surface area contributed by atoms with Gasteiger partial charge in [0.25, 0.3) is 0 Å². The van der Waals surface area contributed by atoms with Crippen molar-refractivity contribution in [2.45, 2.75) is 50.6 Å². The number of carbonyl (C=O) groups is 2. The molecule has 2 fully saturated rings. The summed E-state index contributed by atoms with van der Waals surface area (Å²) in [5, 5.41) is 6.46. The molecule has 0 unspecified atom stereocenters. The fraction of sp³-hybridized carbons (Fsp3) is 0.526. The maximum atomic E-state index is 12.3. The van der Waals surface area contributed by atoms with E-state index in [0.717, 1.165) is 44.3 Å². The van der Waals surface area contributed by atoms with E-state index >= 15 is 0 Å². The molecule has 1 saturated carbocycles. The van der Waals surface area contributed by atoms with Gasteiger partial charge in [0.05, 0.1) is 21.3 Å². The molecule has 1 aromatic carbocycles. The summed E-state index contributed by atoms with van der Waals surface area (Å²) in [4.78, 5) is 31.0. The van der Waals surface area contributed by atoms with E-state index in [1.807, 2.05) is 19.1 Å². The van der Waals surface area contributed by atoms with Crippen LogP contribution in [0.4, 0.5) is 4.79 Å². The van der Waals surface area contributed by atoms with Crippen molar-refractivity contribution >= 4 is 33.5 Å². The molecule has 2 aromatic rings. The maximum absolute atomic E-state index is 12.3. The molecule has 1 atom stereocenters. The lowest BCUT2D eigenvalue weighted by molar-refractivity contribution is -0.125. The molecule has 1 aliphatic carbocycles. The number of para-hydroxylation sites is 1. The number of rotatable bonds is 4. The zero-order valence-corrected chi connectivity index (χ0v) is 15.7. The molecule has 1 aromatic heterocycles. The molecule has 2 heterocycles. The van der Waals surface area contributed by atoms with E-state index in [1.165, 1.54) is 9.71 Å². The molecule has 1 saturated heterocycles. The Labute approximate surface area is 157 Å². The topological polar surface area (TPSA) is 74.3 Å². The highest BCUT2D eigenvalue weighted by Crippen LogP contribution is 2.34. The van der Waals surface area contributed by atoms with E-state index in [2.05, 4.69) is 27.7 Å². The minimum atomic E-state index is -0.367.